The Bertz CT molecular complexity index is 546. The van der Waals surface area contributed by atoms with Crippen molar-refractivity contribution in [2.24, 2.45) is 10.9 Å². The summed E-state index contributed by atoms with van der Waals surface area (Å²) < 4.78 is 25.9. The van der Waals surface area contributed by atoms with E-state index in [9.17, 15) is 8.42 Å². The summed E-state index contributed by atoms with van der Waals surface area (Å²) in [7, 11) is -2.20. The molecule has 0 aliphatic rings. The summed E-state index contributed by atoms with van der Waals surface area (Å²) in [5.74, 6) is -0.0237. The summed E-state index contributed by atoms with van der Waals surface area (Å²) in [6.07, 6.45) is 2.91. The Kier molecular flexibility index (Phi) is 5.05. The standard InChI is InChI=1S/C9H13BrN4O3S/c1-14(3-2-9(11)13-15)18(16,17)8-4-7(10)5-12-6-8/h4-6,15H,2-3H2,1H3,(H2,11,13). The normalized spacial score (nSPS) is 12.9. The SMILES string of the molecule is CN(CCC(N)=NO)S(=O)(=O)c1cncc(Br)c1. The molecule has 0 saturated carbocycles. The zero-order valence-electron chi connectivity index (χ0n) is 9.62. The first-order valence-electron chi connectivity index (χ1n) is 4.91. The van der Waals surface area contributed by atoms with Crippen molar-refractivity contribution < 1.29 is 13.6 Å². The quantitative estimate of drug-likeness (QED) is 0.354. The van der Waals surface area contributed by atoms with Crippen LogP contribution < -0.4 is 5.73 Å². The molecule has 1 aromatic rings. The Morgan fingerprint density at radius 2 is 2.28 bits per heavy atom. The van der Waals surface area contributed by atoms with Gasteiger partial charge in [-0.1, -0.05) is 5.16 Å². The van der Waals surface area contributed by atoms with Crippen LogP contribution >= 0.6 is 15.9 Å². The lowest BCUT2D eigenvalue weighted by atomic mass is 10.4. The molecule has 3 N–H and O–H groups in total. The van der Waals surface area contributed by atoms with Crippen LogP contribution in [0.25, 0.3) is 0 Å². The maximum absolute atomic E-state index is 12.1. The van der Waals surface area contributed by atoms with E-state index in [0.29, 0.717) is 4.47 Å². The van der Waals surface area contributed by atoms with Gasteiger partial charge in [0.25, 0.3) is 0 Å². The summed E-state index contributed by atoms with van der Waals surface area (Å²) in [6.45, 7) is 0.116. The second-order valence-electron chi connectivity index (χ2n) is 3.51. The van der Waals surface area contributed by atoms with Gasteiger partial charge in [0.05, 0.1) is 0 Å². The molecule has 0 aliphatic heterocycles. The third-order valence-corrected chi connectivity index (χ3v) is 4.46. The number of nitrogens with two attached hydrogens (primary N) is 1. The Labute approximate surface area is 113 Å². The van der Waals surface area contributed by atoms with Gasteiger partial charge in [0, 0.05) is 36.9 Å². The summed E-state index contributed by atoms with van der Waals surface area (Å²) in [6, 6.07) is 1.46. The molecule has 7 nitrogen and oxygen atoms in total. The molecule has 0 spiro atoms. The number of rotatable bonds is 5. The van der Waals surface area contributed by atoms with Crippen molar-refractivity contribution in [3.05, 3.63) is 22.9 Å². The molecule has 0 aromatic carbocycles. The van der Waals surface area contributed by atoms with E-state index >= 15 is 0 Å². The van der Waals surface area contributed by atoms with Gasteiger partial charge in [0.2, 0.25) is 10.0 Å². The summed E-state index contributed by atoms with van der Waals surface area (Å²) in [4.78, 5) is 3.89. The van der Waals surface area contributed by atoms with Gasteiger partial charge in [0.1, 0.15) is 10.7 Å². The van der Waals surface area contributed by atoms with E-state index in [2.05, 4.69) is 26.1 Å². The number of amidine groups is 1. The minimum Gasteiger partial charge on any atom is -0.409 e. The number of pyridine rings is 1. The Hall–Kier alpha value is -1.19. The lowest BCUT2D eigenvalue weighted by Gasteiger charge is -2.16. The number of hydrogen-bond donors (Lipinski definition) is 2. The predicted octanol–water partition coefficient (Wildman–Crippen LogP) is 0.601. The van der Waals surface area contributed by atoms with Crippen LogP contribution in [0.4, 0.5) is 0 Å². The van der Waals surface area contributed by atoms with Crippen molar-refractivity contribution in [3.8, 4) is 0 Å². The number of nitrogens with zero attached hydrogens (tertiary/aromatic N) is 3. The van der Waals surface area contributed by atoms with Gasteiger partial charge in [0.15, 0.2) is 0 Å². The zero-order valence-corrected chi connectivity index (χ0v) is 12.0. The van der Waals surface area contributed by atoms with Gasteiger partial charge in [-0.25, -0.2) is 12.7 Å². The minimum absolute atomic E-state index is 0.0237. The third-order valence-electron chi connectivity index (χ3n) is 2.20. The van der Waals surface area contributed by atoms with Crippen molar-refractivity contribution in [2.45, 2.75) is 11.3 Å². The van der Waals surface area contributed by atoms with E-state index < -0.39 is 10.0 Å². The highest BCUT2D eigenvalue weighted by atomic mass is 79.9. The highest BCUT2D eigenvalue weighted by Crippen LogP contribution is 2.17. The highest BCUT2D eigenvalue weighted by molar-refractivity contribution is 9.10. The molecule has 0 aliphatic carbocycles. The Morgan fingerprint density at radius 1 is 1.61 bits per heavy atom. The fraction of sp³-hybridized carbons (Fsp3) is 0.333. The largest absolute Gasteiger partial charge is 0.409 e. The van der Waals surface area contributed by atoms with E-state index in [4.69, 9.17) is 10.9 Å². The van der Waals surface area contributed by atoms with E-state index in [1.807, 2.05) is 0 Å². The summed E-state index contributed by atoms with van der Waals surface area (Å²) in [5, 5.41) is 11.2. The molecule has 1 aromatic heterocycles. The van der Waals surface area contributed by atoms with Crippen LogP contribution in [0.2, 0.25) is 0 Å². The van der Waals surface area contributed by atoms with Crippen molar-refractivity contribution in [2.75, 3.05) is 13.6 Å². The minimum atomic E-state index is -3.62. The molecule has 9 heteroatoms. The number of sulfonamides is 1. The molecule has 0 radical (unpaired) electrons. The van der Waals surface area contributed by atoms with Crippen LogP contribution in [-0.4, -0.2) is 42.3 Å². The van der Waals surface area contributed by atoms with E-state index in [1.54, 1.807) is 0 Å². The van der Waals surface area contributed by atoms with Gasteiger partial charge in [-0.15, -0.1) is 0 Å². The monoisotopic (exact) mass is 336 g/mol. The molecular formula is C9H13BrN4O3S. The van der Waals surface area contributed by atoms with Crippen LogP contribution in [0, 0.1) is 0 Å². The van der Waals surface area contributed by atoms with Gasteiger partial charge in [-0.2, -0.15) is 0 Å². The first-order valence-corrected chi connectivity index (χ1v) is 7.14. The molecule has 1 rings (SSSR count). The molecular weight excluding hydrogens is 324 g/mol. The summed E-state index contributed by atoms with van der Waals surface area (Å²) in [5.41, 5.74) is 5.29. The second-order valence-corrected chi connectivity index (χ2v) is 6.47. The number of halogens is 1. The molecule has 100 valence electrons. The lowest BCUT2D eigenvalue weighted by Crippen LogP contribution is -2.30. The van der Waals surface area contributed by atoms with Crippen molar-refractivity contribution in [1.29, 1.82) is 0 Å². The van der Waals surface area contributed by atoms with Crippen LogP contribution in [0.15, 0.2) is 33.0 Å². The molecule has 0 amide bonds. The Morgan fingerprint density at radius 3 is 2.83 bits per heavy atom. The Balaban J connectivity index is 2.87. The molecule has 18 heavy (non-hydrogen) atoms. The van der Waals surface area contributed by atoms with Crippen molar-refractivity contribution >= 4 is 31.8 Å². The van der Waals surface area contributed by atoms with Gasteiger partial charge in [-0.05, 0) is 22.0 Å². The fourth-order valence-electron chi connectivity index (χ4n) is 1.16. The molecule has 1 heterocycles. The molecule has 0 bridgehead atoms. The van der Waals surface area contributed by atoms with Crippen molar-refractivity contribution in [1.82, 2.24) is 9.29 Å². The summed E-state index contributed by atoms with van der Waals surface area (Å²) >= 11 is 3.16. The molecule has 0 saturated heterocycles. The topological polar surface area (TPSA) is 109 Å². The fourth-order valence-corrected chi connectivity index (χ4v) is 2.83. The smallest absolute Gasteiger partial charge is 0.244 e. The van der Waals surface area contributed by atoms with E-state index in [0.717, 1.165) is 4.31 Å². The zero-order chi connectivity index (χ0) is 13.8. The average molecular weight is 337 g/mol. The van der Waals surface area contributed by atoms with E-state index in [-0.39, 0.29) is 23.7 Å². The average Bonchev–Trinajstić information content (AvgIpc) is 2.35. The maximum Gasteiger partial charge on any atom is 0.244 e. The van der Waals surface area contributed by atoms with E-state index in [1.165, 1.54) is 25.5 Å². The first kappa shape index (κ1) is 14.9. The third kappa shape index (κ3) is 3.65. The van der Waals surface area contributed by atoms with Gasteiger partial charge < -0.3 is 10.9 Å². The van der Waals surface area contributed by atoms with Crippen LogP contribution in [-0.2, 0) is 10.0 Å². The molecule has 0 unspecified atom stereocenters. The molecule has 0 atom stereocenters. The van der Waals surface area contributed by atoms with Gasteiger partial charge >= 0.3 is 0 Å². The highest BCUT2D eigenvalue weighted by Gasteiger charge is 2.21. The first-order chi connectivity index (χ1) is 8.37. The van der Waals surface area contributed by atoms with Crippen LogP contribution in [0.1, 0.15) is 6.42 Å². The molecule has 0 fully saturated rings. The van der Waals surface area contributed by atoms with Gasteiger partial charge in [-0.3, -0.25) is 4.98 Å². The lowest BCUT2D eigenvalue weighted by molar-refractivity contribution is 0.316. The predicted molar refractivity (Wildman–Crippen MR) is 69.8 cm³/mol. The maximum atomic E-state index is 12.1. The van der Waals surface area contributed by atoms with Crippen molar-refractivity contribution in [3.63, 3.8) is 0 Å². The van der Waals surface area contributed by atoms with Crippen LogP contribution in [0.5, 0.6) is 0 Å². The number of oxime groups is 1. The van der Waals surface area contributed by atoms with Crippen LogP contribution in [0.3, 0.4) is 0 Å². The number of hydrogen-bond acceptors (Lipinski definition) is 5. The second kappa shape index (κ2) is 6.12. The number of aromatic nitrogens is 1.